The third-order valence-corrected chi connectivity index (χ3v) is 2.58. The van der Waals surface area contributed by atoms with E-state index >= 15 is 0 Å². The van der Waals surface area contributed by atoms with E-state index < -0.39 is 0 Å². The lowest BCUT2D eigenvalue weighted by molar-refractivity contribution is 0.415. The van der Waals surface area contributed by atoms with Gasteiger partial charge in [-0.15, -0.1) is 0 Å². The van der Waals surface area contributed by atoms with Crippen LogP contribution in [0, 0.1) is 0 Å². The second-order valence-electron chi connectivity index (χ2n) is 3.70. The maximum atomic E-state index is 5.11. The average molecular weight is 268 g/mol. The highest BCUT2D eigenvalue weighted by atomic mass is 32.1. The molecule has 0 heterocycles. The molecular formula is C15H12N2OS. The molecule has 2 aromatic rings. The molecule has 19 heavy (non-hydrogen) atoms. The molecule has 0 saturated carbocycles. The number of hydrogen-bond acceptors (Lipinski definition) is 3. The summed E-state index contributed by atoms with van der Waals surface area (Å²) >= 11 is 4.67. The number of thiocarbonyl (C=S) groups is 1. The Hall–Kier alpha value is -2.29. The molecule has 0 aliphatic heterocycles. The summed E-state index contributed by atoms with van der Waals surface area (Å²) in [6.45, 7) is 0. The minimum absolute atomic E-state index is 0.542. The van der Waals surface area contributed by atoms with E-state index in [-0.39, 0.29) is 0 Å². The van der Waals surface area contributed by atoms with Crippen molar-refractivity contribution < 1.29 is 4.74 Å². The van der Waals surface area contributed by atoms with Crippen LogP contribution in [0.1, 0.15) is 5.56 Å². The molecule has 0 atom stereocenters. The topological polar surface area (TPSA) is 34.0 Å². The zero-order chi connectivity index (χ0) is 13.5. The smallest absolute Gasteiger partial charge is 0.170 e. The quantitative estimate of drug-likeness (QED) is 0.481. The molecule has 0 spiro atoms. The maximum absolute atomic E-state index is 5.11. The minimum atomic E-state index is 0.542. The lowest BCUT2D eigenvalue weighted by Crippen LogP contribution is -1.95. The van der Waals surface area contributed by atoms with Gasteiger partial charge < -0.3 is 4.74 Å². The molecule has 0 amide bonds. The summed E-state index contributed by atoms with van der Waals surface area (Å²) in [7, 11) is 1.63. The zero-order valence-corrected chi connectivity index (χ0v) is 11.2. The molecule has 0 fully saturated rings. The molecule has 0 unspecified atom stereocenters. The molecule has 0 radical (unpaired) electrons. The van der Waals surface area contributed by atoms with Crippen molar-refractivity contribution >= 4 is 28.9 Å². The number of hydrogen-bond donors (Lipinski definition) is 0. The first-order chi connectivity index (χ1) is 9.33. The van der Waals surface area contributed by atoms with Gasteiger partial charge in [-0.2, -0.15) is 4.99 Å². The van der Waals surface area contributed by atoms with E-state index in [1.54, 1.807) is 7.11 Å². The number of methoxy groups -OCH3 is 1. The Labute approximate surface area is 117 Å². The van der Waals surface area contributed by atoms with Crippen LogP contribution in [0.25, 0.3) is 0 Å². The monoisotopic (exact) mass is 268 g/mol. The van der Waals surface area contributed by atoms with Crippen molar-refractivity contribution in [3.05, 3.63) is 60.2 Å². The van der Waals surface area contributed by atoms with Crippen molar-refractivity contribution in [3.8, 4) is 5.75 Å². The molecule has 4 heteroatoms. The highest BCUT2D eigenvalue weighted by molar-refractivity contribution is 7.78. The highest BCUT2D eigenvalue weighted by Crippen LogP contribution is 2.19. The van der Waals surface area contributed by atoms with Gasteiger partial charge >= 0.3 is 0 Å². The lowest BCUT2D eigenvalue weighted by Gasteiger charge is -2.02. The predicted octanol–water partition coefficient (Wildman–Crippen LogP) is 3.88. The number of amidine groups is 1. The van der Waals surface area contributed by atoms with Crippen LogP contribution in [0.15, 0.2) is 64.6 Å². The third-order valence-electron chi connectivity index (χ3n) is 2.49. The van der Waals surface area contributed by atoms with Gasteiger partial charge in [0, 0.05) is 5.56 Å². The Morgan fingerprint density at radius 3 is 2.32 bits per heavy atom. The van der Waals surface area contributed by atoms with Crippen LogP contribution < -0.4 is 4.74 Å². The Morgan fingerprint density at radius 1 is 1.05 bits per heavy atom. The Balaban J connectivity index is 2.38. The predicted molar refractivity (Wildman–Crippen MR) is 80.7 cm³/mol. The van der Waals surface area contributed by atoms with Crippen molar-refractivity contribution in [2.75, 3.05) is 7.11 Å². The Kier molecular flexibility index (Phi) is 4.56. The zero-order valence-electron chi connectivity index (χ0n) is 10.4. The van der Waals surface area contributed by atoms with Crippen LogP contribution in [0.5, 0.6) is 5.75 Å². The fourth-order valence-electron chi connectivity index (χ4n) is 1.56. The molecule has 0 aromatic heterocycles. The van der Waals surface area contributed by atoms with Gasteiger partial charge in [-0.3, -0.25) is 0 Å². The first-order valence-electron chi connectivity index (χ1n) is 5.69. The largest absolute Gasteiger partial charge is 0.497 e. The molecule has 0 aliphatic rings. The van der Waals surface area contributed by atoms with Crippen molar-refractivity contribution in [3.63, 3.8) is 0 Å². The second-order valence-corrected chi connectivity index (χ2v) is 3.89. The number of ether oxygens (including phenoxy) is 1. The summed E-state index contributed by atoms with van der Waals surface area (Å²) in [6, 6.07) is 17.1. The van der Waals surface area contributed by atoms with E-state index in [0.29, 0.717) is 5.84 Å². The summed E-state index contributed by atoms with van der Waals surface area (Å²) in [4.78, 5) is 8.48. The average Bonchev–Trinajstić information content (AvgIpc) is 2.48. The fraction of sp³-hybridized carbons (Fsp3) is 0.0667. The first kappa shape index (κ1) is 13.1. The Morgan fingerprint density at radius 2 is 1.74 bits per heavy atom. The molecule has 2 aromatic carbocycles. The van der Waals surface area contributed by atoms with E-state index in [0.717, 1.165) is 17.0 Å². The van der Waals surface area contributed by atoms with Crippen molar-refractivity contribution in [1.29, 1.82) is 0 Å². The summed E-state index contributed by atoms with van der Waals surface area (Å²) in [6.07, 6.45) is 0. The molecule has 2 rings (SSSR count). The minimum Gasteiger partial charge on any atom is -0.497 e. The van der Waals surface area contributed by atoms with E-state index in [4.69, 9.17) is 4.74 Å². The summed E-state index contributed by atoms with van der Waals surface area (Å²) in [5, 5.41) is 2.36. The van der Waals surface area contributed by atoms with Crippen LogP contribution in [0.2, 0.25) is 0 Å². The third kappa shape index (κ3) is 3.58. The van der Waals surface area contributed by atoms with Gasteiger partial charge in [-0.25, -0.2) is 4.99 Å². The van der Waals surface area contributed by atoms with E-state index in [1.165, 1.54) is 0 Å². The molecule has 0 bridgehead atoms. The van der Waals surface area contributed by atoms with Gasteiger partial charge in [0.15, 0.2) is 5.84 Å². The van der Waals surface area contributed by atoms with Crippen LogP contribution >= 0.6 is 12.2 Å². The van der Waals surface area contributed by atoms with Crippen LogP contribution in [-0.4, -0.2) is 18.1 Å². The molecule has 3 nitrogen and oxygen atoms in total. The fourth-order valence-corrected chi connectivity index (χ4v) is 1.65. The number of nitrogens with zero attached hydrogens (tertiary/aromatic N) is 2. The van der Waals surface area contributed by atoms with E-state index in [1.807, 2.05) is 54.6 Å². The van der Waals surface area contributed by atoms with Gasteiger partial charge in [-0.05, 0) is 36.5 Å². The maximum Gasteiger partial charge on any atom is 0.170 e. The standard InChI is InChI=1S/C15H12N2OS/c1-18-14-9-7-13(8-10-14)17-15(16-11-19)12-5-3-2-4-6-12/h2-10H,1H3. The van der Waals surface area contributed by atoms with E-state index in [2.05, 4.69) is 27.4 Å². The van der Waals surface area contributed by atoms with Crippen LogP contribution in [0.3, 0.4) is 0 Å². The first-order valence-corrected chi connectivity index (χ1v) is 6.10. The van der Waals surface area contributed by atoms with Gasteiger partial charge in [0.2, 0.25) is 0 Å². The normalized spacial score (nSPS) is 10.7. The van der Waals surface area contributed by atoms with Gasteiger partial charge in [0.05, 0.1) is 18.0 Å². The Bertz CT molecular complexity index is 614. The van der Waals surface area contributed by atoms with E-state index in [9.17, 15) is 0 Å². The molecule has 0 N–H and O–H groups in total. The summed E-state index contributed by atoms with van der Waals surface area (Å²) < 4.78 is 5.11. The van der Waals surface area contributed by atoms with Crippen LogP contribution in [0.4, 0.5) is 5.69 Å². The molecule has 0 aliphatic carbocycles. The molecule has 0 saturated heterocycles. The number of isothiocyanates is 1. The van der Waals surface area contributed by atoms with Crippen LogP contribution in [-0.2, 0) is 0 Å². The van der Waals surface area contributed by atoms with Gasteiger partial charge in [0.25, 0.3) is 0 Å². The second kappa shape index (κ2) is 6.59. The van der Waals surface area contributed by atoms with Gasteiger partial charge in [-0.1, -0.05) is 30.3 Å². The highest BCUT2D eigenvalue weighted by Gasteiger charge is 2.01. The summed E-state index contributed by atoms with van der Waals surface area (Å²) in [5.41, 5.74) is 1.68. The number of benzene rings is 2. The SMILES string of the molecule is COc1ccc(N=C(N=C=S)c2ccccc2)cc1. The molecule has 94 valence electrons. The number of rotatable bonds is 3. The lowest BCUT2D eigenvalue weighted by atomic mass is 10.2. The van der Waals surface area contributed by atoms with Crippen molar-refractivity contribution in [2.45, 2.75) is 0 Å². The van der Waals surface area contributed by atoms with Crippen molar-refractivity contribution in [2.24, 2.45) is 9.98 Å². The number of aliphatic imine (C=N–C) groups is 2. The van der Waals surface area contributed by atoms with Crippen molar-refractivity contribution in [1.82, 2.24) is 0 Å². The summed E-state index contributed by atoms with van der Waals surface area (Å²) in [5.74, 6) is 1.33. The van der Waals surface area contributed by atoms with Gasteiger partial charge in [0.1, 0.15) is 5.75 Å². The molecular weight excluding hydrogens is 256 g/mol.